The van der Waals surface area contributed by atoms with Crippen LogP contribution >= 0.6 is 0 Å². The lowest BCUT2D eigenvalue weighted by molar-refractivity contribution is 0.0988. The van der Waals surface area contributed by atoms with Gasteiger partial charge in [-0.3, -0.25) is 9.48 Å². The molecular weight excluding hydrogens is 456 g/mol. The van der Waals surface area contributed by atoms with E-state index in [1.165, 1.54) is 16.9 Å². The normalized spacial score (nSPS) is 26.1. The molecule has 3 aliphatic rings. The Morgan fingerprint density at radius 1 is 1.26 bits per heavy atom. The molecule has 3 aromatic heterocycles. The Morgan fingerprint density at radius 2 is 2.09 bits per heavy atom. The molecule has 184 valence electrons. The second-order valence-corrected chi connectivity index (χ2v) is 9.58. The molecule has 0 radical (unpaired) electrons. The predicted molar refractivity (Wildman–Crippen MR) is 125 cm³/mol. The van der Waals surface area contributed by atoms with E-state index in [-0.39, 0.29) is 29.4 Å². The van der Waals surface area contributed by atoms with Gasteiger partial charge in [-0.25, -0.2) is 18.3 Å². The first-order valence-electron chi connectivity index (χ1n) is 12.0. The highest BCUT2D eigenvalue weighted by Crippen LogP contribution is 2.35. The average molecular weight is 484 g/mol. The summed E-state index contributed by atoms with van der Waals surface area (Å²) >= 11 is 0. The van der Waals surface area contributed by atoms with E-state index in [0.717, 1.165) is 44.5 Å². The van der Waals surface area contributed by atoms with Crippen molar-refractivity contribution in [2.24, 2.45) is 5.92 Å². The van der Waals surface area contributed by atoms with E-state index in [1.807, 2.05) is 12.1 Å². The van der Waals surface area contributed by atoms with Crippen LogP contribution in [-0.4, -0.2) is 55.6 Å². The Bertz CT molecular complexity index is 1260. The number of morpholine rings is 1. The fourth-order valence-corrected chi connectivity index (χ4v) is 5.50. The number of nitrogens with one attached hydrogen (secondary N) is 1. The molecule has 1 unspecified atom stereocenters. The zero-order valence-corrected chi connectivity index (χ0v) is 19.2. The molecule has 11 heteroatoms. The van der Waals surface area contributed by atoms with Crippen molar-refractivity contribution in [3.8, 4) is 0 Å². The van der Waals surface area contributed by atoms with Crippen molar-refractivity contribution in [2.75, 3.05) is 23.4 Å². The summed E-state index contributed by atoms with van der Waals surface area (Å²) < 4.78 is 36.3. The number of nitrogens with zero attached hydrogens (tertiary/aromatic N) is 6. The minimum absolute atomic E-state index is 0.0142. The van der Waals surface area contributed by atoms with Gasteiger partial charge in [-0.2, -0.15) is 10.2 Å². The van der Waals surface area contributed by atoms with E-state index in [9.17, 15) is 13.6 Å². The number of ether oxygens (including phenoxy) is 1. The smallest absolute Gasteiger partial charge is 0.284 e. The van der Waals surface area contributed by atoms with Crippen molar-refractivity contribution >= 4 is 23.1 Å². The quantitative estimate of drug-likeness (QED) is 0.533. The third-order valence-electron chi connectivity index (χ3n) is 7.46. The van der Waals surface area contributed by atoms with Crippen molar-refractivity contribution in [3.63, 3.8) is 0 Å². The number of halogens is 2. The Labute approximate surface area is 200 Å². The van der Waals surface area contributed by atoms with E-state index in [0.29, 0.717) is 18.2 Å². The third kappa shape index (κ3) is 3.97. The van der Waals surface area contributed by atoms with Crippen LogP contribution in [0, 0.1) is 5.92 Å². The fourth-order valence-electron chi connectivity index (χ4n) is 5.50. The van der Waals surface area contributed by atoms with Crippen molar-refractivity contribution in [1.29, 1.82) is 0 Å². The summed E-state index contributed by atoms with van der Waals surface area (Å²) in [6.45, 7) is 5.28. The van der Waals surface area contributed by atoms with Gasteiger partial charge in [-0.1, -0.05) is 6.08 Å². The molecule has 3 aromatic rings. The van der Waals surface area contributed by atoms with E-state index in [2.05, 4.69) is 32.0 Å². The fraction of sp³-hybridized carbons (Fsp3) is 0.500. The van der Waals surface area contributed by atoms with Gasteiger partial charge in [0, 0.05) is 18.9 Å². The van der Waals surface area contributed by atoms with Crippen LogP contribution in [0.25, 0.3) is 5.65 Å². The van der Waals surface area contributed by atoms with Crippen LogP contribution in [0.15, 0.2) is 37.3 Å². The molecule has 6 rings (SSSR count). The molecule has 1 N–H and O–H groups in total. The Kier molecular flexibility index (Phi) is 5.51. The Morgan fingerprint density at radius 3 is 2.77 bits per heavy atom. The highest BCUT2D eigenvalue weighted by atomic mass is 19.3. The van der Waals surface area contributed by atoms with Gasteiger partial charge in [-0.05, 0) is 44.1 Å². The van der Waals surface area contributed by atoms with Crippen molar-refractivity contribution in [2.45, 2.75) is 56.7 Å². The standard InChI is InChI=1S/C24H27F2N7O2/c1-2-14-3-5-15(6-4-14)33-12-19(21(30-33)22(25)26)28-24(34)18-10-27-32-8-7-20(29-23(18)32)31-11-17-9-16(31)13-35-17/h2,7-8,10,12,14-17,22H,1,3-6,9,11,13H2,(H,28,34)/t14?,15?,16?,17-/m1/s1. The number of hydrogen-bond acceptors (Lipinski definition) is 6. The second kappa shape index (κ2) is 8.71. The Hall–Kier alpha value is -3.34. The van der Waals surface area contributed by atoms with Gasteiger partial charge in [-0.15, -0.1) is 6.58 Å². The highest BCUT2D eigenvalue weighted by Gasteiger charge is 2.39. The first kappa shape index (κ1) is 22.1. The van der Waals surface area contributed by atoms with Crippen molar-refractivity contribution in [3.05, 3.63) is 48.6 Å². The average Bonchev–Trinajstić information content (AvgIpc) is 3.66. The third-order valence-corrected chi connectivity index (χ3v) is 7.46. The van der Waals surface area contributed by atoms with Crippen molar-refractivity contribution < 1.29 is 18.3 Å². The van der Waals surface area contributed by atoms with E-state index in [1.54, 1.807) is 10.9 Å². The first-order chi connectivity index (χ1) is 17.0. The number of amides is 1. The van der Waals surface area contributed by atoms with Gasteiger partial charge < -0.3 is 15.0 Å². The number of carbonyl (C=O) groups excluding carboxylic acids is 1. The Balaban J connectivity index is 1.25. The maximum Gasteiger partial charge on any atom is 0.284 e. The summed E-state index contributed by atoms with van der Waals surface area (Å²) in [7, 11) is 0. The number of anilines is 2. The van der Waals surface area contributed by atoms with Crippen molar-refractivity contribution in [1.82, 2.24) is 24.4 Å². The lowest BCUT2D eigenvalue weighted by Crippen LogP contribution is -2.37. The molecular formula is C24H27F2N7O2. The molecule has 2 aliphatic heterocycles. The summed E-state index contributed by atoms with van der Waals surface area (Å²) in [6.07, 6.45) is 8.55. The van der Waals surface area contributed by atoms with Gasteiger partial charge >= 0.3 is 0 Å². The zero-order valence-electron chi connectivity index (χ0n) is 19.2. The highest BCUT2D eigenvalue weighted by molar-refractivity contribution is 6.08. The summed E-state index contributed by atoms with van der Waals surface area (Å²) in [5.41, 5.74) is 0.173. The molecule has 0 spiro atoms. The van der Waals surface area contributed by atoms with E-state index < -0.39 is 18.0 Å². The van der Waals surface area contributed by atoms with E-state index in [4.69, 9.17) is 4.74 Å². The number of hydrogen-bond donors (Lipinski definition) is 1. The summed E-state index contributed by atoms with van der Waals surface area (Å²) in [4.78, 5) is 20.0. The molecule has 1 aliphatic carbocycles. The predicted octanol–water partition coefficient (Wildman–Crippen LogP) is 4.01. The van der Waals surface area contributed by atoms with Crippen LogP contribution in [0.4, 0.5) is 20.3 Å². The largest absolute Gasteiger partial charge is 0.374 e. The van der Waals surface area contributed by atoms with Crippen LogP contribution in [-0.2, 0) is 4.74 Å². The van der Waals surface area contributed by atoms with Crippen LogP contribution < -0.4 is 10.2 Å². The molecule has 0 aromatic carbocycles. The molecule has 35 heavy (non-hydrogen) atoms. The minimum Gasteiger partial charge on any atom is -0.374 e. The number of carbonyl (C=O) groups is 1. The number of allylic oxidation sites excluding steroid dienone is 1. The zero-order chi connectivity index (χ0) is 24.1. The summed E-state index contributed by atoms with van der Waals surface area (Å²) in [5.74, 6) is 0.652. The molecule has 2 saturated heterocycles. The summed E-state index contributed by atoms with van der Waals surface area (Å²) in [5, 5.41) is 11.0. The molecule has 1 amide bonds. The molecule has 5 heterocycles. The number of fused-ring (bicyclic) bond motifs is 3. The van der Waals surface area contributed by atoms with Gasteiger partial charge in [0.2, 0.25) is 0 Å². The van der Waals surface area contributed by atoms with Gasteiger partial charge in [0.1, 0.15) is 11.4 Å². The summed E-state index contributed by atoms with van der Waals surface area (Å²) in [6, 6.07) is 2.16. The lowest BCUT2D eigenvalue weighted by atomic mass is 9.86. The molecule has 9 nitrogen and oxygen atoms in total. The molecule has 2 atom stereocenters. The lowest BCUT2D eigenvalue weighted by Gasteiger charge is -2.27. The minimum atomic E-state index is -2.81. The number of aromatic nitrogens is 5. The number of alkyl halides is 2. The molecule has 3 fully saturated rings. The maximum absolute atomic E-state index is 13.8. The van der Waals surface area contributed by atoms with Gasteiger partial charge in [0.05, 0.1) is 36.7 Å². The van der Waals surface area contributed by atoms with Crippen LogP contribution in [0.2, 0.25) is 0 Å². The molecule has 2 bridgehead atoms. The van der Waals surface area contributed by atoms with Crippen LogP contribution in [0.3, 0.4) is 0 Å². The topological polar surface area (TPSA) is 89.6 Å². The van der Waals surface area contributed by atoms with Crippen LogP contribution in [0.1, 0.15) is 60.6 Å². The molecule has 1 saturated carbocycles. The SMILES string of the molecule is C=CC1CCC(n2cc(NC(=O)c3cnn4ccc(N5C[C@H]6CC5CO6)nc34)c(C(F)F)n2)CC1. The second-order valence-electron chi connectivity index (χ2n) is 9.58. The van der Waals surface area contributed by atoms with Gasteiger partial charge in [0.15, 0.2) is 11.3 Å². The van der Waals surface area contributed by atoms with Gasteiger partial charge in [0.25, 0.3) is 12.3 Å². The van der Waals surface area contributed by atoms with Crippen LogP contribution in [0.5, 0.6) is 0 Å². The number of rotatable bonds is 6. The maximum atomic E-state index is 13.8. The van der Waals surface area contributed by atoms with E-state index >= 15 is 0 Å². The monoisotopic (exact) mass is 483 g/mol. The first-order valence-corrected chi connectivity index (χ1v) is 12.0.